The van der Waals surface area contributed by atoms with Crippen molar-refractivity contribution in [1.29, 1.82) is 0 Å². The normalized spacial score (nSPS) is 11.1. The van der Waals surface area contributed by atoms with E-state index in [1.165, 1.54) is 6.07 Å². The molecule has 0 aliphatic rings. The highest BCUT2D eigenvalue weighted by atomic mass is 19.3. The van der Waals surface area contributed by atoms with Gasteiger partial charge >= 0.3 is 0 Å². The van der Waals surface area contributed by atoms with Gasteiger partial charge in [0.05, 0.1) is 11.0 Å². The predicted octanol–water partition coefficient (Wildman–Crippen LogP) is 5.05. The van der Waals surface area contributed by atoms with Crippen molar-refractivity contribution < 1.29 is 18.3 Å². The van der Waals surface area contributed by atoms with Crippen molar-refractivity contribution in [3.63, 3.8) is 0 Å². The summed E-state index contributed by atoms with van der Waals surface area (Å²) in [5.41, 5.74) is 3.38. The molecule has 1 aromatic heterocycles. The fraction of sp³-hybridized carbons (Fsp3) is 0.167. The molecular formula is C24H21F2N3O2. The maximum atomic E-state index is 12.8. The number of nitrogens with zero attached hydrogens (tertiary/aromatic N) is 1. The first-order valence-electron chi connectivity index (χ1n) is 9.90. The van der Waals surface area contributed by atoms with Gasteiger partial charge in [-0.3, -0.25) is 4.79 Å². The summed E-state index contributed by atoms with van der Waals surface area (Å²) in [6.45, 7) is 0.960. The molecule has 0 saturated heterocycles. The van der Waals surface area contributed by atoms with Crippen LogP contribution in [0.2, 0.25) is 0 Å². The average molecular weight is 421 g/mol. The molecule has 1 heterocycles. The first kappa shape index (κ1) is 20.5. The Morgan fingerprint density at radius 3 is 2.52 bits per heavy atom. The lowest BCUT2D eigenvalue weighted by Crippen LogP contribution is -2.25. The highest BCUT2D eigenvalue weighted by Gasteiger charge is 2.14. The average Bonchev–Trinajstić information content (AvgIpc) is 3.23. The fourth-order valence-corrected chi connectivity index (χ4v) is 3.19. The van der Waals surface area contributed by atoms with Gasteiger partial charge in [-0.2, -0.15) is 0 Å². The Morgan fingerprint density at radius 2 is 1.77 bits per heavy atom. The van der Waals surface area contributed by atoms with E-state index in [2.05, 4.69) is 15.3 Å². The lowest BCUT2D eigenvalue weighted by molar-refractivity contribution is 0.0954. The number of amides is 1. The quantitative estimate of drug-likeness (QED) is 0.418. The molecule has 2 N–H and O–H groups in total. The SMILES string of the molecule is O=C(NCCc1ccc(OCc2ccccc2)cc1)c1ccc2nc(C(F)F)[nH]c2c1. The molecule has 0 unspecified atom stereocenters. The van der Waals surface area contributed by atoms with Crippen LogP contribution in [0.3, 0.4) is 0 Å². The van der Waals surface area contributed by atoms with Crippen LogP contribution in [0.1, 0.15) is 33.7 Å². The van der Waals surface area contributed by atoms with Crippen molar-refractivity contribution in [1.82, 2.24) is 15.3 Å². The van der Waals surface area contributed by atoms with Gasteiger partial charge in [-0.15, -0.1) is 0 Å². The molecule has 4 aromatic rings. The lowest BCUT2D eigenvalue weighted by atomic mass is 10.1. The molecule has 0 aliphatic carbocycles. The largest absolute Gasteiger partial charge is 0.489 e. The molecule has 0 bridgehead atoms. The van der Waals surface area contributed by atoms with Crippen molar-refractivity contribution in [2.24, 2.45) is 0 Å². The number of alkyl halides is 2. The number of aromatic nitrogens is 2. The smallest absolute Gasteiger partial charge is 0.295 e. The van der Waals surface area contributed by atoms with E-state index in [1.807, 2.05) is 54.6 Å². The van der Waals surface area contributed by atoms with E-state index < -0.39 is 12.2 Å². The molecule has 31 heavy (non-hydrogen) atoms. The van der Waals surface area contributed by atoms with E-state index in [-0.39, 0.29) is 5.91 Å². The third kappa shape index (κ3) is 5.25. The van der Waals surface area contributed by atoms with Crippen LogP contribution in [0, 0.1) is 0 Å². The number of H-pyrrole nitrogens is 1. The Kier molecular flexibility index (Phi) is 6.21. The van der Waals surface area contributed by atoms with Crippen LogP contribution in [-0.2, 0) is 13.0 Å². The van der Waals surface area contributed by atoms with Crippen molar-refractivity contribution >= 4 is 16.9 Å². The van der Waals surface area contributed by atoms with E-state index in [0.717, 1.165) is 16.9 Å². The van der Waals surface area contributed by atoms with Crippen molar-refractivity contribution in [2.45, 2.75) is 19.5 Å². The maximum Gasteiger partial charge on any atom is 0.295 e. The zero-order valence-corrected chi connectivity index (χ0v) is 16.6. The van der Waals surface area contributed by atoms with Gasteiger partial charge in [0, 0.05) is 12.1 Å². The van der Waals surface area contributed by atoms with E-state index in [9.17, 15) is 13.6 Å². The second kappa shape index (κ2) is 9.38. The molecule has 0 spiro atoms. The van der Waals surface area contributed by atoms with Gasteiger partial charge < -0.3 is 15.0 Å². The zero-order chi connectivity index (χ0) is 21.6. The Bertz CT molecular complexity index is 1160. The van der Waals surface area contributed by atoms with Crippen LogP contribution >= 0.6 is 0 Å². The van der Waals surface area contributed by atoms with Crippen LogP contribution in [0.25, 0.3) is 11.0 Å². The molecular weight excluding hydrogens is 400 g/mol. The number of benzene rings is 3. The monoisotopic (exact) mass is 421 g/mol. The van der Waals surface area contributed by atoms with Crippen molar-refractivity contribution in [2.75, 3.05) is 6.54 Å². The summed E-state index contributed by atoms with van der Waals surface area (Å²) >= 11 is 0. The Morgan fingerprint density at radius 1 is 1.00 bits per heavy atom. The van der Waals surface area contributed by atoms with Gasteiger partial charge in [-0.05, 0) is 47.9 Å². The van der Waals surface area contributed by atoms with Gasteiger partial charge in [0.2, 0.25) is 0 Å². The molecule has 0 fully saturated rings. The summed E-state index contributed by atoms with van der Waals surface area (Å²) in [5, 5.41) is 2.85. The number of fused-ring (bicyclic) bond motifs is 1. The zero-order valence-electron chi connectivity index (χ0n) is 16.6. The molecule has 5 nitrogen and oxygen atoms in total. The number of rotatable bonds is 8. The van der Waals surface area contributed by atoms with Gasteiger partial charge in [0.25, 0.3) is 12.3 Å². The molecule has 0 aliphatic heterocycles. The summed E-state index contributed by atoms with van der Waals surface area (Å²) in [6.07, 6.45) is -2.02. The summed E-state index contributed by atoms with van der Waals surface area (Å²) in [6, 6.07) is 22.4. The predicted molar refractivity (Wildman–Crippen MR) is 114 cm³/mol. The highest BCUT2D eigenvalue weighted by Crippen LogP contribution is 2.20. The molecule has 0 atom stereocenters. The molecule has 1 amide bonds. The number of ether oxygens (including phenoxy) is 1. The van der Waals surface area contributed by atoms with Gasteiger partial charge in [0.1, 0.15) is 12.4 Å². The molecule has 158 valence electrons. The number of nitrogens with one attached hydrogen (secondary N) is 2. The van der Waals surface area contributed by atoms with Gasteiger partial charge in [-0.1, -0.05) is 42.5 Å². The minimum atomic E-state index is -2.68. The fourth-order valence-electron chi connectivity index (χ4n) is 3.19. The van der Waals surface area contributed by atoms with Crippen LogP contribution in [0.15, 0.2) is 72.8 Å². The second-order valence-corrected chi connectivity index (χ2v) is 7.08. The number of hydrogen-bond donors (Lipinski definition) is 2. The van der Waals surface area contributed by atoms with Crippen LogP contribution in [-0.4, -0.2) is 22.4 Å². The molecule has 3 aromatic carbocycles. The van der Waals surface area contributed by atoms with E-state index in [0.29, 0.717) is 36.2 Å². The molecule has 0 saturated carbocycles. The summed E-state index contributed by atoms with van der Waals surface area (Å²) in [5.74, 6) is 0.120. The standard InChI is InChI=1S/C24H21F2N3O2/c25-22(26)23-28-20-11-8-18(14-21(20)29-23)24(30)27-13-12-16-6-9-19(10-7-16)31-15-17-4-2-1-3-5-17/h1-11,14,22H,12-13,15H2,(H,27,30)(H,28,29). The number of carbonyl (C=O) groups is 1. The Balaban J connectivity index is 1.27. The number of imidazole rings is 1. The minimum absolute atomic E-state index is 0.266. The van der Waals surface area contributed by atoms with Crippen LogP contribution < -0.4 is 10.1 Å². The van der Waals surface area contributed by atoms with E-state index in [1.54, 1.807) is 12.1 Å². The number of halogens is 2. The minimum Gasteiger partial charge on any atom is -0.489 e. The van der Waals surface area contributed by atoms with E-state index in [4.69, 9.17) is 4.74 Å². The molecule has 0 radical (unpaired) electrons. The Labute approximate surface area is 178 Å². The van der Waals surface area contributed by atoms with Crippen molar-refractivity contribution in [3.05, 3.63) is 95.3 Å². The summed E-state index contributed by atoms with van der Waals surface area (Å²) in [7, 11) is 0. The van der Waals surface area contributed by atoms with Gasteiger partial charge in [-0.25, -0.2) is 13.8 Å². The Hall–Kier alpha value is -3.74. The number of aromatic amines is 1. The van der Waals surface area contributed by atoms with Crippen molar-refractivity contribution in [3.8, 4) is 5.75 Å². The lowest BCUT2D eigenvalue weighted by Gasteiger charge is -2.08. The van der Waals surface area contributed by atoms with Crippen LogP contribution in [0.4, 0.5) is 8.78 Å². The maximum absolute atomic E-state index is 12.8. The first-order valence-corrected chi connectivity index (χ1v) is 9.90. The summed E-state index contributed by atoms with van der Waals surface area (Å²) in [4.78, 5) is 18.7. The summed E-state index contributed by atoms with van der Waals surface area (Å²) < 4.78 is 31.3. The van der Waals surface area contributed by atoms with E-state index >= 15 is 0 Å². The molecule has 7 heteroatoms. The van der Waals surface area contributed by atoms with Crippen LogP contribution in [0.5, 0.6) is 5.75 Å². The first-order chi connectivity index (χ1) is 15.1. The topological polar surface area (TPSA) is 67.0 Å². The van der Waals surface area contributed by atoms with Gasteiger partial charge in [0.15, 0.2) is 5.82 Å². The highest BCUT2D eigenvalue weighted by molar-refractivity contribution is 5.97. The second-order valence-electron chi connectivity index (χ2n) is 7.08. The number of carbonyl (C=O) groups excluding carboxylic acids is 1. The molecule has 4 rings (SSSR count). The third-order valence-electron chi connectivity index (χ3n) is 4.84. The number of hydrogen-bond acceptors (Lipinski definition) is 3. The third-order valence-corrected chi connectivity index (χ3v) is 4.84.